The van der Waals surface area contributed by atoms with Crippen LogP contribution < -0.4 is 10.2 Å². The highest BCUT2D eigenvalue weighted by Gasteiger charge is 2.14. The molecule has 0 spiro atoms. The lowest BCUT2D eigenvalue weighted by Crippen LogP contribution is -2.17. The maximum atomic E-state index is 8.63. The van der Waals surface area contributed by atoms with Crippen molar-refractivity contribution in [3.8, 4) is 12.1 Å². The smallest absolute Gasteiger partial charge is 0.145 e. The maximum absolute atomic E-state index is 8.63. The van der Waals surface area contributed by atoms with Crippen molar-refractivity contribution in [2.45, 2.75) is 12.8 Å². The lowest BCUT2D eigenvalue weighted by Gasteiger charge is -2.19. The molecule has 1 aromatic carbocycles. The predicted octanol–water partition coefficient (Wildman–Crippen LogP) is 3.28. The summed E-state index contributed by atoms with van der Waals surface area (Å²) in [6, 6.07) is 9.23. The fraction of sp³-hybridized carbons (Fsp3) is 0.286. The molecule has 1 saturated heterocycles. The number of hydrogen-bond donors (Lipinski definition) is 1. The van der Waals surface area contributed by atoms with Gasteiger partial charge >= 0.3 is 0 Å². The Balaban J connectivity index is 2.13. The van der Waals surface area contributed by atoms with Gasteiger partial charge in [0.15, 0.2) is 0 Å². The second kappa shape index (κ2) is 6.13. The number of rotatable bonds is 3. The Kier molecular flexibility index (Phi) is 4.28. The highest BCUT2D eigenvalue weighted by atomic mass is 35.5. The Morgan fingerprint density at radius 2 is 1.95 bits per heavy atom. The van der Waals surface area contributed by atoms with Crippen LogP contribution in [0.2, 0.25) is 5.02 Å². The molecule has 4 nitrogen and oxygen atoms in total. The number of halogens is 1. The van der Waals surface area contributed by atoms with Crippen molar-refractivity contribution in [2.75, 3.05) is 23.3 Å². The third-order valence-electron chi connectivity index (χ3n) is 3.02. The second-order valence-electron chi connectivity index (χ2n) is 4.29. The summed E-state index contributed by atoms with van der Waals surface area (Å²) in [5, 5.41) is 20.8. The Bertz CT molecular complexity index is 558. The highest BCUT2D eigenvalue weighted by molar-refractivity contribution is 6.33. The fourth-order valence-electron chi connectivity index (χ4n) is 2.06. The van der Waals surface area contributed by atoms with E-state index in [4.69, 9.17) is 22.1 Å². The van der Waals surface area contributed by atoms with Crippen LogP contribution in [-0.2, 0) is 0 Å². The summed E-state index contributed by atoms with van der Waals surface area (Å²) in [4.78, 5) is 2.26. The maximum Gasteiger partial charge on any atom is 0.145 e. The number of benzene rings is 1. The summed E-state index contributed by atoms with van der Waals surface area (Å²) in [5.41, 5.74) is 1.82. The van der Waals surface area contributed by atoms with Crippen molar-refractivity contribution in [1.82, 2.24) is 0 Å². The standard InChI is InChI=1S/C14H13ClN4/c15-13-7-12(18-10-11(8-16)9-17)3-4-14(13)19-5-1-2-6-19/h3-4,7,10,18H,1-2,5-6H2. The zero-order chi connectivity index (χ0) is 13.7. The molecule has 0 atom stereocenters. The van der Waals surface area contributed by atoms with Gasteiger partial charge in [0.05, 0.1) is 10.7 Å². The largest absolute Gasteiger partial charge is 0.370 e. The fourth-order valence-corrected chi connectivity index (χ4v) is 2.36. The van der Waals surface area contributed by atoms with Crippen LogP contribution in [0.5, 0.6) is 0 Å². The van der Waals surface area contributed by atoms with E-state index >= 15 is 0 Å². The van der Waals surface area contributed by atoms with Crippen molar-refractivity contribution in [1.29, 1.82) is 10.5 Å². The lowest BCUT2D eigenvalue weighted by molar-refractivity contribution is 0.949. The molecule has 0 aliphatic carbocycles. The van der Waals surface area contributed by atoms with Crippen molar-refractivity contribution >= 4 is 23.0 Å². The summed E-state index contributed by atoms with van der Waals surface area (Å²) in [7, 11) is 0. The van der Waals surface area contributed by atoms with E-state index < -0.39 is 0 Å². The molecule has 1 fully saturated rings. The number of allylic oxidation sites excluding steroid dienone is 1. The zero-order valence-electron chi connectivity index (χ0n) is 10.4. The summed E-state index contributed by atoms with van der Waals surface area (Å²) < 4.78 is 0. The van der Waals surface area contributed by atoms with E-state index in [0.717, 1.165) is 24.5 Å². The van der Waals surface area contributed by atoms with E-state index in [1.807, 2.05) is 12.1 Å². The molecule has 5 heteroatoms. The van der Waals surface area contributed by atoms with Crippen LogP contribution >= 0.6 is 11.6 Å². The molecule has 0 amide bonds. The molecule has 2 rings (SSSR count). The van der Waals surface area contributed by atoms with Gasteiger partial charge in [-0.3, -0.25) is 0 Å². The Hall–Kier alpha value is -2.17. The molecule has 1 aliphatic heterocycles. The second-order valence-corrected chi connectivity index (χ2v) is 4.69. The van der Waals surface area contributed by atoms with Gasteiger partial charge in [0, 0.05) is 25.0 Å². The number of nitrogens with zero attached hydrogens (tertiary/aromatic N) is 3. The predicted molar refractivity (Wildman–Crippen MR) is 75.8 cm³/mol. The molecule has 1 N–H and O–H groups in total. The molecular weight excluding hydrogens is 260 g/mol. The van der Waals surface area contributed by atoms with E-state index in [-0.39, 0.29) is 5.57 Å². The van der Waals surface area contributed by atoms with Gasteiger partial charge in [0.2, 0.25) is 0 Å². The van der Waals surface area contributed by atoms with E-state index in [1.165, 1.54) is 19.0 Å². The summed E-state index contributed by atoms with van der Waals surface area (Å²) >= 11 is 6.26. The Labute approximate surface area is 117 Å². The molecule has 0 unspecified atom stereocenters. The topological polar surface area (TPSA) is 62.9 Å². The van der Waals surface area contributed by atoms with Crippen molar-refractivity contribution in [3.63, 3.8) is 0 Å². The average molecular weight is 273 g/mol. The van der Waals surface area contributed by atoms with E-state index in [1.54, 1.807) is 18.2 Å². The molecule has 0 saturated carbocycles. The molecule has 1 aromatic rings. The van der Waals surface area contributed by atoms with Crippen LogP contribution in [0.25, 0.3) is 0 Å². The van der Waals surface area contributed by atoms with Crippen LogP contribution in [0.1, 0.15) is 12.8 Å². The van der Waals surface area contributed by atoms with Crippen LogP contribution in [0.3, 0.4) is 0 Å². The number of anilines is 2. The first-order chi connectivity index (χ1) is 9.24. The molecular formula is C14H13ClN4. The number of hydrogen-bond acceptors (Lipinski definition) is 4. The molecule has 0 bridgehead atoms. The molecule has 96 valence electrons. The number of nitrogens with one attached hydrogen (secondary N) is 1. The van der Waals surface area contributed by atoms with Gasteiger partial charge in [-0.2, -0.15) is 10.5 Å². The van der Waals surface area contributed by atoms with Gasteiger partial charge in [-0.05, 0) is 31.0 Å². The minimum atomic E-state index is 0.0275. The lowest BCUT2D eigenvalue weighted by atomic mass is 10.2. The van der Waals surface area contributed by atoms with Crippen LogP contribution in [0.4, 0.5) is 11.4 Å². The normalized spacial score (nSPS) is 13.5. The van der Waals surface area contributed by atoms with Gasteiger partial charge in [-0.15, -0.1) is 0 Å². The average Bonchev–Trinajstić information content (AvgIpc) is 2.94. The zero-order valence-corrected chi connectivity index (χ0v) is 11.1. The summed E-state index contributed by atoms with van der Waals surface area (Å²) in [6.45, 7) is 2.08. The Morgan fingerprint density at radius 1 is 1.26 bits per heavy atom. The van der Waals surface area contributed by atoms with E-state index in [0.29, 0.717) is 5.02 Å². The first kappa shape index (κ1) is 13.3. The quantitative estimate of drug-likeness (QED) is 0.858. The first-order valence-electron chi connectivity index (χ1n) is 6.06. The van der Waals surface area contributed by atoms with Crippen molar-refractivity contribution < 1.29 is 0 Å². The van der Waals surface area contributed by atoms with Crippen LogP contribution in [-0.4, -0.2) is 13.1 Å². The van der Waals surface area contributed by atoms with E-state index in [2.05, 4.69) is 10.2 Å². The molecule has 1 aliphatic rings. The van der Waals surface area contributed by atoms with Gasteiger partial charge in [-0.25, -0.2) is 0 Å². The van der Waals surface area contributed by atoms with Gasteiger partial charge in [-0.1, -0.05) is 11.6 Å². The van der Waals surface area contributed by atoms with Crippen molar-refractivity contribution in [2.24, 2.45) is 0 Å². The molecule has 1 heterocycles. The van der Waals surface area contributed by atoms with Crippen LogP contribution in [0, 0.1) is 22.7 Å². The van der Waals surface area contributed by atoms with Gasteiger partial charge in [0.25, 0.3) is 0 Å². The van der Waals surface area contributed by atoms with Crippen molar-refractivity contribution in [3.05, 3.63) is 35.0 Å². The van der Waals surface area contributed by atoms with E-state index in [9.17, 15) is 0 Å². The third kappa shape index (κ3) is 3.19. The first-order valence-corrected chi connectivity index (χ1v) is 6.44. The third-order valence-corrected chi connectivity index (χ3v) is 3.32. The minimum Gasteiger partial charge on any atom is -0.370 e. The monoisotopic (exact) mass is 272 g/mol. The van der Waals surface area contributed by atoms with Gasteiger partial charge in [0.1, 0.15) is 17.7 Å². The summed E-state index contributed by atoms with van der Waals surface area (Å²) in [6.07, 6.45) is 3.78. The SMILES string of the molecule is N#CC(C#N)=CNc1ccc(N2CCCC2)c(Cl)c1. The number of nitriles is 2. The Morgan fingerprint density at radius 3 is 2.53 bits per heavy atom. The highest BCUT2D eigenvalue weighted by Crippen LogP contribution is 2.31. The molecule has 0 aromatic heterocycles. The minimum absolute atomic E-state index is 0.0275. The summed E-state index contributed by atoms with van der Waals surface area (Å²) in [5.74, 6) is 0. The van der Waals surface area contributed by atoms with Crippen LogP contribution in [0.15, 0.2) is 30.0 Å². The molecule has 19 heavy (non-hydrogen) atoms. The van der Waals surface area contributed by atoms with Gasteiger partial charge < -0.3 is 10.2 Å². The molecule has 0 radical (unpaired) electrons.